The number of nitriles is 1. The fourth-order valence-electron chi connectivity index (χ4n) is 5.44. The van der Waals surface area contributed by atoms with Crippen molar-refractivity contribution in [3.05, 3.63) is 108 Å². The monoisotopic (exact) mass is 422 g/mol. The third-order valence-corrected chi connectivity index (χ3v) is 7.09. The summed E-state index contributed by atoms with van der Waals surface area (Å²) in [4.78, 5) is 0. The summed E-state index contributed by atoms with van der Waals surface area (Å²) in [7, 11) is 0. The molecule has 0 aliphatic heterocycles. The fraction of sp³-hybridized carbons (Fsp3) is 0.367. The first kappa shape index (κ1) is 22.3. The molecule has 1 N–H and O–H groups in total. The van der Waals surface area contributed by atoms with Gasteiger partial charge < -0.3 is 5.32 Å². The first-order chi connectivity index (χ1) is 15.8. The molecule has 0 amide bonds. The number of benzene rings is 3. The molecule has 3 aromatic carbocycles. The third-order valence-electron chi connectivity index (χ3n) is 7.09. The van der Waals surface area contributed by atoms with Crippen LogP contribution in [0, 0.1) is 17.2 Å². The molecule has 164 valence electrons. The van der Waals surface area contributed by atoms with Crippen molar-refractivity contribution in [2.45, 2.75) is 56.4 Å². The van der Waals surface area contributed by atoms with Crippen molar-refractivity contribution in [1.29, 1.82) is 5.26 Å². The molecule has 0 saturated heterocycles. The smallest absolute Gasteiger partial charge is 0.110 e. The van der Waals surface area contributed by atoms with Gasteiger partial charge in [0.05, 0.1) is 6.07 Å². The zero-order valence-electron chi connectivity index (χ0n) is 18.9. The molecule has 1 aliphatic carbocycles. The molecule has 0 bridgehead atoms. The second kappa shape index (κ2) is 11.1. The van der Waals surface area contributed by atoms with E-state index in [4.69, 9.17) is 0 Å². The Bertz CT molecular complexity index is 936. The molecular formula is C30H34N2. The summed E-state index contributed by atoms with van der Waals surface area (Å²) in [6, 6.07) is 35.0. The van der Waals surface area contributed by atoms with Gasteiger partial charge in [-0.2, -0.15) is 5.26 Å². The highest BCUT2D eigenvalue weighted by Gasteiger charge is 2.43. The van der Waals surface area contributed by atoms with E-state index in [1.54, 1.807) is 0 Å². The molecule has 3 aromatic rings. The maximum absolute atomic E-state index is 10.7. The molecule has 0 aromatic heterocycles. The Balaban J connectivity index is 1.51. The lowest BCUT2D eigenvalue weighted by molar-refractivity contribution is 0.312. The van der Waals surface area contributed by atoms with Gasteiger partial charge in [0.25, 0.3) is 0 Å². The van der Waals surface area contributed by atoms with Crippen molar-refractivity contribution in [1.82, 2.24) is 5.32 Å². The van der Waals surface area contributed by atoms with Gasteiger partial charge in [-0.3, -0.25) is 0 Å². The highest BCUT2D eigenvalue weighted by Crippen LogP contribution is 2.45. The van der Waals surface area contributed by atoms with Crippen LogP contribution in [0.2, 0.25) is 0 Å². The highest BCUT2D eigenvalue weighted by atomic mass is 14.9. The average molecular weight is 423 g/mol. The van der Waals surface area contributed by atoms with Crippen molar-refractivity contribution in [3.8, 4) is 6.07 Å². The summed E-state index contributed by atoms with van der Waals surface area (Å²) in [5.74, 6) is 0.298. The lowest BCUT2D eigenvalue weighted by Gasteiger charge is -2.37. The zero-order chi connectivity index (χ0) is 22.1. The zero-order valence-corrected chi connectivity index (χ0v) is 18.9. The number of nitrogens with one attached hydrogen (secondary N) is 1. The van der Waals surface area contributed by atoms with E-state index in [2.05, 4.69) is 90.2 Å². The Labute approximate surface area is 193 Å². The van der Waals surface area contributed by atoms with Gasteiger partial charge in [-0.15, -0.1) is 0 Å². The van der Waals surface area contributed by atoms with Gasteiger partial charge in [0.15, 0.2) is 0 Å². The van der Waals surface area contributed by atoms with Crippen LogP contribution in [0.25, 0.3) is 0 Å². The van der Waals surface area contributed by atoms with Crippen molar-refractivity contribution < 1.29 is 0 Å². The van der Waals surface area contributed by atoms with Crippen LogP contribution in [0.4, 0.5) is 0 Å². The summed E-state index contributed by atoms with van der Waals surface area (Å²) in [5, 5.41) is 14.5. The second-order valence-corrected chi connectivity index (χ2v) is 9.11. The molecule has 1 saturated carbocycles. The topological polar surface area (TPSA) is 35.8 Å². The maximum Gasteiger partial charge on any atom is 0.110 e. The van der Waals surface area contributed by atoms with Crippen molar-refractivity contribution >= 4 is 0 Å². The summed E-state index contributed by atoms with van der Waals surface area (Å²) < 4.78 is 0. The van der Waals surface area contributed by atoms with E-state index < -0.39 is 5.41 Å². The first-order valence-electron chi connectivity index (χ1n) is 12.1. The lowest BCUT2D eigenvalue weighted by Crippen LogP contribution is -2.40. The lowest BCUT2D eigenvalue weighted by atomic mass is 9.64. The Kier molecular flexibility index (Phi) is 7.75. The van der Waals surface area contributed by atoms with E-state index in [-0.39, 0.29) is 0 Å². The molecule has 2 atom stereocenters. The van der Waals surface area contributed by atoms with Gasteiger partial charge in [0, 0.05) is 6.04 Å². The molecule has 2 heteroatoms. The number of hydrogen-bond acceptors (Lipinski definition) is 2. The second-order valence-electron chi connectivity index (χ2n) is 9.11. The maximum atomic E-state index is 10.7. The molecule has 1 aliphatic rings. The third kappa shape index (κ3) is 5.12. The summed E-state index contributed by atoms with van der Waals surface area (Å²) >= 11 is 0. The normalized spacial score (nSPS) is 19.1. The number of aryl methyl sites for hydroxylation is 1. The van der Waals surface area contributed by atoms with Crippen LogP contribution >= 0.6 is 0 Å². The Morgan fingerprint density at radius 2 is 1.34 bits per heavy atom. The van der Waals surface area contributed by atoms with Crippen LogP contribution in [0.1, 0.15) is 55.2 Å². The molecule has 0 spiro atoms. The largest absolute Gasteiger partial charge is 0.314 e. The molecule has 2 nitrogen and oxygen atoms in total. The van der Waals surface area contributed by atoms with Crippen LogP contribution in [0.5, 0.6) is 0 Å². The predicted molar refractivity (Wildman–Crippen MR) is 132 cm³/mol. The molecule has 4 rings (SSSR count). The quantitative estimate of drug-likeness (QED) is 0.325. The standard InChI is InChI=1S/C30H34N2/c31-24-30(26-16-6-2-7-17-26,27-18-8-3-9-19-27)28-20-10-11-21-29(23-28)32-22-12-15-25-13-4-1-5-14-25/h1-9,13-14,16-19,28-29,32H,10-12,15,20-23H2. The minimum absolute atomic E-state index is 0.298. The summed E-state index contributed by atoms with van der Waals surface area (Å²) in [6.07, 6.45) is 8.02. The van der Waals surface area contributed by atoms with Crippen LogP contribution in [-0.4, -0.2) is 12.6 Å². The van der Waals surface area contributed by atoms with Crippen LogP contribution in [0.3, 0.4) is 0 Å². The van der Waals surface area contributed by atoms with E-state index in [0.717, 1.165) is 43.4 Å². The Morgan fingerprint density at radius 1 is 0.781 bits per heavy atom. The van der Waals surface area contributed by atoms with Crippen molar-refractivity contribution in [2.24, 2.45) is 5.92 Å². The van der Waals surface area contributed by atoms with Gasteiger partial charge in [-0.1, -0.05) is 104 Å². The van der Waals surface area contributed by atoms with Gasteiger partial charge >= 0.3 is 0 Å². The van der Waals surface area contributed by atoms with Crippen molar-refractivity contribution in [2.75, 3.05) is 6.54 Å². The van der Waals surface area contributed by atoms with Crippen LogP contribution in [0.15, 0.2) is 91.0 Å². The van der Waals surface area contributed by atoms with E-state index >= 15 is 0 Å². The summed E-state index contributed by atoms with van der Waals surface area (Å²) in [5.41, 5.74) is 3.06. The van der Waals surface area contributed by atoms with E-state index in [9.17, 15) is 5.26 Å². The Morgan fingerprint density at radius 3 is 1.94 bits per heavy atom. The van der Waals surface area contributed by atoms with Gasteiger partial charge in [0.2, 0.25) is 0 Å². The predicted octanol–water partition coefficient (Wildman–Crippen LogP) is 6.67. The molecule has 1 fully saturated rings. The minimum atomic E-state index is -0.600. The first-order valence-corrected chi connectivity index (χ1v) is 12.1. The number of rotatable bonds is 8. The van der Waals surface area contributed by atoms with Crippen LogP contribution in [-0.2, 0) is 11.8 Å². The van der Waals surface area contributed by atoms with E-state index in [1.165, 1.54) is 24.8 Å². The van der Waals surface area contributed by atoms with Crippen LogP contribution < -0.4 is 5.32 Å². The number of hydrogen-bond donors (Lipinski definition) is 1. The fourth-order valence-corrected chi connectivity index (χ4v) is 5.44. The Hall–Kier alpha value is -2.89. The molecular weight excluding hydrogens is 388 g/mol. The SMILES string of the molecule is N#CC(c1ccccc1)(c1ccccc1)C1CCCCC(NCCCc2ccccc2)C1. The highest BCUT2D eigenvalue weighted by molar-refractivity contribution is 5.47. The molecule has 0 radical (unpaired) electrons. The van der Waals surface area contributed by atoms with Gasteiger partial charge in [0.1, 0.15) is 5.41 Å². The average Bonchev–Trinajstić information content (AvgIpc) is 3.11. The van der Waals surface area contributed by atoms with Gasteiger partial charge in [-0.25, -0.2) is 0 Å². The number of nitrogens with zero attached hydrogens (tertiary/aromatic N) is 1. The molecule has 2 unspecified atom stereocenters. The molecule has 32 heavy (non-hydrogen) atoms. The molecule has 0 heterocycles. The van der Waals surface area contributed by atoms with E-state index in [1.807, 2.05) is 12.1 Å². The summed E-state index contributed by atoms with van der Waals surface area (Å²) in [6.45, 7) is 1.03. The van der Waals surface area contributed by atoms with Crippen molar-refractivity contribution in [3.63, 3.8) is 0 Å². The van der Waals surface area contributed by atoms with Gasteiger partial charge in [-0.05, 0) is 61.3 Å². The minimum Gasteiger partial charge on any atom is -0.314 e. The van der Waals surface area contributed by atoms with E-state index in [0.29, 0.717) is 12.0 Å².